The van der Waals surface area contributed by atoms with Crippen molar-refractivity contribution in [2.45, 2.75) is 37.8 Å². The maximum atomic E-state index is 6.06. The molecular weight excluding hydrogens is 290 g/mol. The molecule has 3 rings (SSSR count). The van der Waals surface area contributed by atoms with Crippen molar-refractivity contribution in [3.8, 4) is 0 Å². The second-order valence-electron chi connectivity index (χ2n) is 5.37. The summed E-state index contributed by atoms with van der Waals surface area (Å²) >= 11 is 3.45. The molecule has 0 saturated carbocycles. The van der Waals surface area contributed by atoms with E-state index in [2.05, 4.69) is 32.2 Å². The van der Waals surface area contributed by atoms with Gasteiger partial charge in [0.15, 0.2) is 0 Å². The topological polar surface area (TPSA) is 41.3 Å². The molecule has 2 saturated heterocycles. The number of nitrogens with zero attached hydrogens (tertiary/aromatic N) is 1. The van der Waals surface area contributed by atoms with Crippen LogP contribution in [0.5, 0.6) is 0 Å². The summed E-state index contributed by atoms with van der Waals surface area (Å²) in [5.74, 6) is 0. The van der Waals surface area contributed by atoms with Gasteiger partial charge in [-0.1, -0.05) is 22.4 Å². The van der Waals surface area contributed by atoms with Gasteiger partial charge in [-0.05, 0) is 44.0 Å². The van der Waals surface area contributed by atoms with E-state index in [0.717, 1.165) is 15.8 Å². The number of halogens is 1. The number of rotatable bonds is 2. The van der Waals surface area contributed by atoms with Crippen molar-refractivity contribution in [3.63, 3.8) is 0 Å². The summed E-state index contributed by atoms with van der Waals surface area (Å²) in [6.07, 6.45) is 5.30. The quantitative estimate of drug-likeness (QED) is 0.825. The molecule has 0 bridgehead atoms. The number of hydrogen-bond acceptors (Lipinski definition) is 3. The van der Waals surface area contributed by atoms with Gasteiger partial charge in [0.2, 0.25) is 0 Å². The van der Waals surface area contributed by atoms with Crippen molar-refractivity contribution < 1.29 is 0 Å². The fraction of sp³-hybridized carbons (Fsp3) is 0.571. The van der Waals surface area contributed by atoms with Crippen LogP contribution in [0.3, 0.4) is 0 Å². The summed E-state index contributed by atoms with van der Waals surface area (Å²) < 4.78 is 1.04. The first-order chi connectivity index (χ1) is 8.74. The van der Waals surface area contributed by atoms with Gasteiger partial charge in [-0.15, -0.1) is 0 Å². The Kier molecular flexibility index (Phi) is 3.48. The zero-order valence-electron chi connectivity index (χ0n) is 10.5. The third-order valence-electron chi connectivity index (χ3n) is 4.21. The largest absolute Gasteiger partial charge is 0.397 e. The number of fused-ring (bicyclic) bond motifs is 1. The number of hydrogen-bond donors (Lipinski definition) is 2. The smallest absolute Gasteiger partial charge is 0.0577 e. The number of nitrogens with one attached hydrogen (secondary N) is 1. The number of anilines is 2. The molecule has 0 aliphatic carbocycles. The van der Waals surface area contributed by atoms with Crippen molar-refractivity contribution in [2.75, 3.05) is 24.1 Å². The highest BCUT2D eigenvalue weighted by molar-refractivity contribution is 9.10. The predicted molar refractivity (Wildman–Crippen MR) is 79.8 cm³/mol. The van der Waals surface area contributed by atoms with E-state index in [0.29, 0.717) is 12.1 Å². The molecule has 2 aliphatic heterocycles. The molecule has 2 unspecified atom stereocenters. The van der Waals surface area contributed by atoms with Crippen LogP contribution in [0.2, 0.25) is 0 Å². The van der Waals surface area contributed by atoms with Crippen LogP contribution in [0.15, 0.2) is 22.7 Å². The molecule has 0 spiro atoms. The highest BCUT2D eigenvalue weighted by atomic mass is 79.9. The molecule has 3 N–H and O–H groups in total. The predicted octanol–water partition coefficient (Wildman–Crippen LogP) is 3.07. The Morgan fingerprint density at radius 2 is 2.11 bits per heavy atom. The van der Waals surface area contributed by atoms with Gasteiger partial charge in [-0.3, -0.25) is 4.90 Å². The maximum absolute atomic E-state index is 6.06. The van der Waals surface area contributed by atoms with Gasteiger partial charge >= 0.3 is 0 Å². The van der Waals surface area contributed by atoms with Crippen LogP contribution in [0.4, 0.5) is 11.4 Å². The van der Waals surface area contributed by atoms with Gasteiger partial charge in [0.1, 0.15) is 0 Å². The van der Waals surface area contributed by atoms with E-state index in [1.165, 1.54) is 38.8 Å². The Balaban J connectivity index is 1.72. The maximum Gasteiger partial charge on any atom is 0.0577 e. The number of nitrogens with two attached hydrogens (primary N) is 1. The van der Waals surface area contributed by atoms with Crippen molar-refractivity contribution in [2.24, 2.45) is 0 Å². The summed E-state index contributed by atoms with van der Waals surface area (Å²) in [4.78, 5) is 2.64. The Morgan fingerprint density at radius 3 is 2.94 bits per heavy atom. The molecule has 2 fully saturated rings. The number of benzene rings is 1. The minimum atomic E-state index is 0.564. The summed E-state index contributed by atoms with van der Waals surface area (Å²) in [6, 6.07) is 7.36. The highest BCUT2D eigenvalue weighted by Gasteiger charge is 2.35. The summed E-state index contributed by atoms with van der Waals surface area (Å²) in [5, 5.41) is 3.65. The van der Waals surface area contributed by atoms with Crippen molar-refractivity contribution >= 4 is 27.3 Å². The molecule has 4 heteroatoms. The zero-order chi connectivity index (χ0) is 12.5. The molecule has 0 radical (unpaired) electrons. The zero-order valence-corrected chi connectivity index (χ0v) is 12.1. The first-order valence-corrected chi connectivity index (χ1v) is 7.59. The van der Waals surface area contributed by atoms with E-state index in [1.807, 2.05) is 12.1 Å². The van der Waals surface area contributed by atoms with Gasteiger partial charge < -0.3 is 11.1 Å². The van der Waals surface area contributed by atoms with Crippen molar-refractivity contribution in [1.29, 1.82) is 0 Å². The minimum Gasteiger partial charge on any atom is -0.397 e. The van der Waals surface area contributed by atoms with Gasteiger partial charge in [-0.25, -0.2) is 0 Å². The standard InChI is InChI=1S/C14H20BrN3/c15-10-4-5-12(11(16)9-10)17-13-6-8-18-7-2-1-3-14(13)18/h4-5,9,13-14,17H,1-3,6-8,16H2. The molecule has 3 nitrogen and oxygen atoms in total. The minimum absolute atomic E-state index is 0.564. The molecule has 2 heterocycles. The van der Waals surface area contributed by atoms with Crippen LogP contribution in [-0.4, -0.2) is 30.1 Å². The average molecular weight is 310 g/mol. The van der Waals surface area contributed by atoms with E-state index >= 15 is 0 Å². The lowest BCUT2D eigenvalue weighted by Gasteiger charge is -2.33. The van der Waals surface area contributed by atoms with Crippen LogP contribution in [0.1, 0.15) is 25.7 Å². The van der Waals surface area contributed by atoms with Gasteiger partial charge in [0.25, 0.3) is 0 Å². The fourth-order valence-corrected chi connectivity index (χ4v) is 3.66. The Labute approximate surface area is 117 Å². The van der Waals surface area contributed by atoms with E-state index < -0.39 is 0 Å². The summed E-state index contributed by atoms with van der Waals surface area (Å²) in [5.41, 5.74) is 7.97. The van der Waals surface area contributed by atoms with Crippen molar-refractivity contribution in [1.82, 2.24) is 4.90 Å². The molecule has 2 atom stereocenters. The van der Waals surface area contributed by atoms with Crippen molar-refractivity contribution in [3.05, 3.63) is 22.7 Å². The molecule has 0 amide bonds. The van der Waals surface area contributed by atoms with Crippen LogP contribution >= 0.6 is 15.9 Å². The molecule has 98 valence electrons. The van der Waals surface area contributed by atoms with Crippen LogP contribution in [-0.2, 0) is 0 Å². The summed E-state index contributed by atoms with van der Waals surface area (Å²) in [6.45, 7) is 2.51. The van der Waals surface area contributed by atoms with Crippen LogP contribution in [0.25, 0.3) is 0 Å². The molecular formula is C14H20BrN3. The van der Waals surface area contributed by atoms with Crippen LogP contribution in [0, 0.1) is 0 Å². The second-order valence-corrected chi connectivity index (χ2v) is 6.29. The Morgan fingerprint density at radius 1 is 1.22 bits per heavy atom. The highest BCUT2D eigenvalue weighted by Crippen LogP contribution is 2.31. The number of nitrogen functional groups attached to an aromatic ring is 1. The molecule has 18 heavy (non-hydrogen) atoms. The second kappa shape index (κ2) is 5.10. The normalized spacial score (nSPS) is 28.1. The van der Waals surface area contributed by atoms with E-state index in [9.17, 15) is 0 Å². The van der Waals surface area contributed by atoms with E-state index in [-0.39, 0.29) is 0 Å². The third kappa shape index (κ3) is 2.36. The SMILES string of the molecule is Nc1cc(Br)ccc1NC1CCN2CCCCC12. The third-order valence-corrected chi connectivity index (χ3v) is 4.70. The fourth-order valence-electron chi connectivity index (χ4n) is 3.28. The lowest BCUT2D eigenvalue weighted by Crippen LogP contribution is -2.41. The Hall–Kier alpha value is -0.740. The molecule has 0 aromatic heterocycles. The lowest BCUT2D eigenvalue weighted by molar-refractivity contribution is 0.193. The lowest BCUT2D eigenvalue weighted by atomic mass is 9.99. The average Bonchev–Trinajstić information content (AvgIpc) is 2.76. The van der Waals surface area contributed by atoms with Gasteiger partial charge in [0, 0.05) is 23.1 Å². The van der Waals surface area contributed by atoms with E-state index in [1.54, 1.807) is 0 Å². The van der Waals surface area contributed by atoms with E-state index in [4.69, 9.17) is 5.73 Å². The molecule has 1 aromatic rings. The summed E-state index contributed by atoms with van der Waals surface area (Å²) in [7, 11) is 0. The first-order valence-electron chi connectivity index (χ1n) is 6.79. The molecule has 2 aliphatic rings. The Bertz CT molecular complexity index is 435. The van der Waals surface area contributed by atoms with Gasteiger partial charge in [0.05, 0.1) is 11.4 Å². The van der Waals surface area contributed by atoms with Crippen LogP contribution < -0.4 is 11.1 Å². The van der Waals surface area contributed by atoms with Gasteiger partial charge in [-0.2, -0.15) is 0 Å². The molecule has 1 aromatic carbocycles. The monoisotopic (exact) mass is 309 g/mol. The first kappa shape index (κ1) is 12.3. The number of piperidine rings is 1.